The summed E-state index contributed by atoms with van der Waals surface area (Å²) in [5.74, 6) is 0.395. The second kappa shape index (κ2) is 3.64. The molecule has 1 aliphatic carbocycles. The summed E-state index contributed by atoms with van der Waals surface area (Å²) in [5, 5.41) is 9.42. The minimum absolute atomic E-state index is 0.0437. The van der Waals surface area contributed by atoms with Gasteiger partial charge in [-0.2, -0.15) is 0 Å². The van der Waals surface area contributed by atoms with Crippen LogP contribution in [0.15, 0.2) is 12.7 Å². The van der Waals surface area contributed by atoms with Gasteiger partial charge in [-0.1, -0.05) is 0 Å². The Balaban J connectivity index is 1.82. The van der Waals surface area contributed by atoms with Gasteiger partial charge < -0.3 is 20.1 Å². The molecule has 4 rings (SSSR count). The third kappa shape index (κ3) is 1.36. The molecule has 1 saturated carbocycles. The van der Waals surface area contributed by atoms with Crippen LogP contribution in [0.3, 0.4) is 0 Å². The molecule has 2 aromatic heterocycles. The fourth-order valence-corrected chi connectivity index (χ4v) is 3.24. The van der Waals surface area contributed by atoms with Gasteiger partial charge in [0, 0.05) is 5.41 Å². The van der Waals surface area contributed by atoms with Crippen LogP contribution in [0.2, 0.25) is 0 Å². The molecule has 2 aliphatic rings. The Kier molecular flexibility index (Phi) is 2.13. The van der Waals surface area contributed by atoms with E-state index in [0.717, 1.165) is 18.5 Å². The van der Waals surface area contributed by atoms with Crippen molar-refractivity contribution >= 4 is 17.0 Å². The number of hydrogen-bond donors (Lipinski definition) is 2. The number of nitrogen functional groups attached to an aromatic ring is 1. The van der Waals surface area contributed by atoms with Gasteiger partial charge in [0.05, 0.1) is 31.7 Å². The molecule has 100 valence electrons. The van der Waals surface area contributed by atoms with E-state index < -0.39 is 0 Å². The van der Waals surface area contributed by atoms with E-state index in [9.17, 15) is 5.11 Å². The van der Waals surface area contributed by atoms with E-state index in [0.29, 0.717) is 17.9 Å². The highest BCUT2D eigenvalue weighted by molar-refractivity contribution is 5.81. The maximum Gasteiger partial charge on any atom is 0.165 e. The number of anilines is 1. The van der Waals surface area contributed by atoms with Gasteiger partial charge in [0.2, 0.25) is 0 Å². The second-order valence-corrected chi connectivity index (χ2v) is 5.34. The maximum atomic E-state index is 9.42. The molecule has 0 aromatic carbocycles. The quantitative estimate of drug-likeness (QED) is 0.796. The first kappa shape index (κ1) is 11.1. The van der Waals surface area contributed by atoms with Crippen LogP contribution in [0.25, 0.3) is 11.2 Å². The Morgan fingerprint density at radius 1 is 1.42 bits per heavy atom. The third-order valence-corrected chi connectivity index (χ3v) is 4.48. The summed E-state index contributed by atoms with van der Waals surface area (Å²) >= 11 is 0. The molecule has 0 unspecified atom stereocenters. The summed E-state index contributed by atoms with van der Waals surface area (Å²) in [7, 11) is 0. The van der Waals surface area contributed by atoms with Gasteiger partial charge in [0.25, 0.3) is 0 Å². The summed E-state index contributed by atoms with van der Waals surface area (Å²) in [6, 6.07) is 0.170. The van der Waals surface area contributed by atoms with Gasteiger partial charge in [0.1, 0.15) is 11.8 Å². The lowest BCUT2D eigenvalue weighted by molar-refractivity contribution is 0.0339. The molecule has 7 nitrogen and oxygen atoms in total. The molecule has 0 radical (unpaired) electrons. The van der Waals surface area contributed by atoms with Crippen molar-refractivity contribution in [3.63, 3.8) is 0 Å². The molecule has 0 bridgehead atoms. The lowest BCUT2D eigenvalue weighted by Gasteiger charge is -2.21. The molecule has 3 heterocycles. The van der Waals surface area contributed by atoms with Crippen molar-refractivity contribution in [2.75, 3.05) is 18.9 Å². The summed E-state index contributed by atoms with van der Waals surface area (Å²) in [6.45, 7) is 0.654. The van der Waals surface area contributed by atoms with Gasteiger partial charge >= 0.3 is 0 Å². The number of fused-ring (bicyclic) bond motifs is 1. The number of hydrogen-bond acceptors (Lipinski definition) is 6. The zero-order chi connectivity index (χ0) is 13.0. The van der Waals surface area contributed by atoms with Crippen LogP contribution in [-0.4, -0.2) is 43.9 Å². The van der Waals surface area contributed by atoms with Gasteiger partial charge in [-0.25, -0.2) is 15.0 Å². The highest BCUT2D eigenvalue weighted by Gasteiger charge is 2.60. The van der Waals surface area contributed by atoms with E-state index in [1.54, 1.807) is 6.33 Å². The standard InChI is InChI=1S/C12H15N5O2/c13-10-9-11(15-5-14-10)17(6-16-9)7-4-19-8(3-18)12(7)1-2-12/h5-8,18H,1-4H2,(H2,13,14,15)/t7-,8-/m1/s1. The normalized spacial score (nSPS) is 28.3. The number of aliphatic hydroxyl groups excluding tert-OH is 1. The number of rotatable bonds is 2. The zero-order valence-electron chi connectivity index (χ0n) is 10.4. The Morgan fingerprint density at radius 2 is 2.26 bits per heavy atom. The molecule has 2 atom stereocenters. The highest BCUT2D eigenvalue weighted by Crippen LogP contribution is 2.61. The number of nitrogens with two attached hydrogens (primary N) is 1. The van der Waals surface area contributed by atoms with Crippen LogP contribution in [-0.2, 0) is 4.74 Å². The highest BCUT2D eigenvalue weighted by atomic mass is 16.5. The maximum absolute atomic E-state index is 9.42. The zero-order valence-corrected chi connectivity index (χ0v) is 10.4. The summed E-state index contributed by atoms with van der Waals surface area (Å²) in [4.78, 5) is 12.5. The van der Waals surface area contributed by atoms with E-state index in [4.69, 9.17) is 10.5 Å². The van der Waals surface area contributed by atoms with Gasteiger partial charge in [-0.05, 0) is 12.8 Å². The summed E-state index contributed by atoms with van der Waals surface area (Å²) in [6.07, 6.45) is 5.28. The fourth-order valence-electron chi connectivity index (χ4n) is 3.24. The topological polar surface area (TPSA) is 99.1 Å². The Labute approximate surface area is 109 Å². The third-order valence-electron chi connectivity index (χ3n) is 4.48. The van der Waals surface area contributed by atoms with Crippen LogP contribution in [0.4, 0.5) is 5.82 Å². The minimum atomic E-state index is -0.0749. The number of aliphatic hydroxyl groups is 1. The molecule has 0 amide bonds. The predicted molar refractivity (Wildman–Crippen MR) is 67.3 cm³/mol. The number of imidazole rings is 1. The lowest BCUT2D eigenvalue weighted by Crippen LogP contribution is -2.27. The fraction of sp³-hybridized carbons (Fsp3) is 0.583. The van der Waals surface area contributed by atoms with E-state index >= 15 is 0 Å². The van der Waals surface area contributed by atoms with Crippen LogP contribution in [0, 0.1) is 5.41 Å². The summed E-state index contributed by atoms with van der Waals surface area (Å²) < 4.78 is 7.75. The van der Waals surface area contributed by atoms with Crippen LogP contribution in [0.1, 0.15) is 18.9 Å². The molecule has 1 spiro atoms. The van der Waals surface area contributed by atoms with E-state index in [-0.39, 0.29) is 24.2 Å². The Bertz CT molecular complexity index is 636. The second-order valence-electron chi connectivity index (χ2n) is 5.34. The Morgan fingerprint density at radius 3 is 3.00 bits per heavy atom. The van der Waals surface area contributed by atoms with Crippen molar-refractivity contribution in [2.45, 2.75) is 25.0 Å². The monoisotopic (exact) mass is 261 g/mol. The van der Waals surface area contributed by atoms with E-state index in [2.05, 4.69) is 15.0 Å². The van der Waals surface area contributed by atoms with Crippen molar-refractivity contribution in [3.05, 3.63) is 12.7 Å². The molecule has 19 heavy (non-hydrogen) atoms. The van der Waals surface area contributed by atoms with Crippen molar-refractivity contribution < 1.29 is 9.84 Å². The van der Waals surface area contributed by atoms with Gasteiger partial charge in [-0.15, -0.1) is 0 Å². The van der Waals surface area contributed by atoms with Crippen LogP contribution < -0.4 is 5.73 Å². The first-order valence-electron chi connectivity index (χ1n) is 6.42. The predicted octanol–water partition coefficient (Wildman–Crippen LogP) is 0.121. The Hall–Kier alpha value is -1.73. The molecule has 7 heteroatoms. The average Bonchev–Trinajstić information content (AvgIpc) is 2.94. The SMILES string of the molecule is Nc1ncnc2c1ncn2[C@@H]1CO[C@H](CO)C12CC2. The molecular formula is C12H15N5O2. The smallest absolute Gasteiger partial charge is 0.165 e. The average molecular weight is 261 g/mol. The molecular weight excluding hydrogens is 246 g/mol. The van der Waals surface area contributed by atoms with Crippen molar-refractivity contribution in [3.8, 4) is 0 Å². The number of nitrogens with zero attached hydrogens (tertiary/aromatic N) is 4. The largest absolute Gasteiger partial charge is 0.394 e. The van der Waals surface area contributed by atoms with Gasteiger partial charge in [0.15, 0.2) is 11.5 Å². The minimum Gasteiger partial charge on any atom is -0.394 e. The van der Waals surface area contributed by atoms with Crippen LogP contribution in [0.5, 0.6) is 0 Å². The lowest BCUT2D eigenvalue weighted by atomic mass is 9.93. The summed E-state index contributed by atoms with van der Waals surface area (Å²) in [5.41, 5.74) is 7.22. The molecule has 3 N–H and O–H groups in total. The molecule has 2 aromatic rings. The number of aromatic nitrogens is 4. The van der Waals surface area contributed by atoms with Crippen molar-refractivity contribution in [1.29, 1.82) is 0 Å². The van der Waals surface area contributed by atoms with E-state index in [1.807, 2.05) is 4.57 Å². The number of ether oxygens (including phenoxy) is 1. The van der Waals surface area contributed by atoms with Crippen molar-refractivity contribution in [1.82, 2.24) is 19.5 Å². The molecule has 1 aliphatic heterocycles. The molecule has 2 fully saturated rings. The molecule has 1 saturated heterocycles. The first-order valence-corrected chi connectivity index (χ1v) is 6.42. The van der Waals surface area contributed by atoms with Crippen LogP contribution >= 0.6 is 0 Å². The van der Waals surface area contributed by atoms with Gasteiger partial charge in [-0.3, -0.25) is 0 Å². The first-order chi connectivity index (χ1) is 9.26. The van der Waals surface area contributed by atoms with E-state index in [1.165, 1.54) is 6.33 Å². The van der Waals surface area contributed by atoms with Crippen molar-refractivity contribution in [2.24, 2.45) is 5.41 Å².